The van der Waals surface area contributed by atoms with Crippen molar-refractivity contribution in [2.45, 2.75) is 33.2 Å². The molecule has 0 bridgehead atoms. The molecule has 3 heterocycles. The summed E-state index contributed by atoms with van der Waals surface area (Å²) in [5, 5.41) is 6.07. The molecule has 0 aliphatic rings. The van der Waals surface area contributed by atoms with Crippen molar-refractivity contribution in [3.05, 3.63) is 85.3 Å². The molecule has 29 heavy (non-hydrogen) atoms. The molecule has 4 aromatic rings. The normalized spacial score (nSPS) is 12.2. The van der Waals surface area contributed by atoms with Crippen molar-refractivity contribution < 1.29 is 4.79 Å². The lowest BCUT2D eigenvalue weighted by Gasteiger charge is -2.18. The molecule has 7 heteroatoms. The third-order valence-corrected chi connectivity index (χ3v) is 6.18. The van der Waals surface area contributed by atoms with Gasteiger partial charge in [0.1, 0.15) is 5.82 Å². The summed E-state index contributed by atoms with van der Waals surface area (Å²) in [5.41, 5.74) is 4.06. The second-order valence-corrected chi connectivity index (χ2v) is 8.26. The van der Waals surface area contributed by atoms with E-state index in [4.69, 9.17) is 0 Å². The zero-order valence-electron chi connectivity index (χ0n) is 16.5. The maximum absolute atomic E-state index is 13.0. The summed E-state index contributed by atoms with van der Waals surface area (Å²) in [6.45, 7) is 5.69. The molecule has 1 aromatic carbocycles. The van der Waals surface area contributed by atoms with E-state index in [2.05, 4.69) is 20.3 Å². The van der Waals surface area contributed by atoms with Crippen LogP contribution >= 0.6 is 11.3 Å². The molecule has 0 spiro atoms. The Morgan fingerprint density at radius 3 is 2.76 bits per heavy atom. The van der Waals surface area contributed by atoms with E-state index in [0.29, 0.717) is 23.5 Å². The number of rotatable bonds is 5. The van der Waals surface area contributed by atoms with Gasteiger partial charge in [-0.05, 0) is 38.0 Å². The lowest BCUT2D eigenvalue weighted by Crippen LogP contribution is -2.32. The summed E-state index contributed by atoms with van der Waals surface area (Å²) < 4.78 is 0. The summed E-state index contributed by atoms with van der Waals surface area (Å²) in [4.78, 5) is 36.6. The first-order chi connectivity index (χ1) is 13.9. The smallest absolute Gasteiger partial charge is 0.252 e. The van der Waals surface area contributed by atoms with E-state index in [1.165, 1.54) is 6.07 Å². The van der Waals surface area contributed by atoms with E-state index >= 15 is 0 Å². The Hall–Kier alpha value is -3.19. The number of hydrogen-bond donors (Lipinski definition) is 3. The monoisotopic (exact) mass is 406 g/mol. The maximum Gasteiger partial charge on any atom is 0.252 e. The number of amides is 1. The standard InChI is InChI=1S/C22H22N4O2S/c1-12-13(2)29-11-17(12)22(28)26-19(20-9-21(27)25-14(3)24-20)8-15-10-23-18-7-5-4-6-16(15)18/h4-7,9-11,19,23H,8H2,1-3H3,(H,26,28)(H,24,25,27)/t19-/m1/s1. The lowest BCUT2D eigenvalue weighted by atomic mass is 10.0. The summed E-state index contributed by atoms with van der Waals surface area (Å²) >= 11 is 1.56. The number of nitrogens with one attached hydrogen (secondary N) is 3. The van der Waals surface area contributed by atoms with Crippen LogP contribution in [0.1, 0.15) is 43.9 Å². The molecule has 0 aliphatic carbocycles. The Morgan fingerprint density at radius 2 is 2.03 bits per heavy atom. The number of hydrogen-bond acceptors (Lipinski definition) is 4. The zero-order valence-corrected chi connectivity index (χ0v) is 17.3. The number of fused-ring (bicyclic) bond motifs is 1. The van der Waals surface area contributed by atoms with Gasteiger partial charge in [-0.25, -0.2) is 4.98 Å². The van der Waals surface area contributed by atoms with Gasteiger partial charge in [0.2, 0.25) is 0 Å². The highest BCUT2D eigenvalue weighted by molar-refractivity contribution is 7.10. The Labute approximate surface area is 172 Å². The number of aromatic amines is 2. The number of para-hydroxylation sites is 1. The third-order valence-electron chi connectivity index (χ3n) is 5.17. The molecule has 3 aromatic heterocycles. The van der Waals surface area contributed by atoms with Gasteiger partial charge in [-0.1, -0.05) is 18.2 Å². The van der Waals surface area contributed by atoms with Crippen LogP contribution in [0.5, 0.6) is 0 Å². The first kappa shape index (κ1) is 19.1. The molecule has 1 atom stereocenters. The number of nitrogens with zero attached hydrogens (tertiary/aromatic N) is 1. The Morgan fingerprint density at radius 1 is 1.24 bits per heavy atom. The molecule has 6 nitrogen and oxygen atoms in total. The Balaban J connectivity index is 1.71. The predicted molar refractivity (Wildman–Crippen MR) is 116 cm³/mol. The van der Waals surface area contributed by atoms with Crippen LogP contribution in [0.2, 0.25) is 0 Å². The van der Waals surface area contributed by atoms with Crippen LogP contribution in [0.25, 0.3) is 10.9 Å². The highest BCUT2D eigenvalue weighted by Crippen LogP contribution is 2.25. The largest absolute Gasteiger partial charge is 0.361 e. The van der Waals surface area contributed by atoms with Crippen LogP contribution in [-0.2, 0) is 6.42 Å². The number of carbonyl (C=O) groups is 1. The van der Waals surface area contributed by atoms with Gasteiger partial charge in [0.05, 0.1) is 17.3 Å². The number of benzene rings is 1. The first-order valence-corrected chi connectivity index (χ1v) is 10.3. The van der Waals surface area contributed by atoms with Crippen molar-refractivity contribution in [3.8, 4) is 0 Å². The molecule has 0 radical (unpaired) electrons. The molecule has 148 valence electrons. The van der Waals surface area contributed by atoms with Gasteiger partial charge >= 0.3 is 0 Å². The number of aromatic nitrogens is 3. The molecular weight excluding hydrogens is 384 g/mol. The molecular formula is C22H22N4O2S. The van der Waals surface area contributed by atoms with Gasteiger partial charge in [0, 0.05) is 39.8 Å². The van der Waals surface area contributed by atoms with Gasteiger partial charge in [-0.15, -0.1) is 11.3 Å². The highest BCUT2D eigenvalue weighted by Gasteiger charge is 2.22. The fourth-order valence-corrected chi connectivity index (χ4v) is 4.37. The average Bonchev–Trinajstić information content (AvgIpc) is 3.24. The lowest BCUT2D eigenvalue weighted by molar-refractivity contribution is 0.0935. The van der Waals surface area contributed by atoms with Crippen molar-refractivity contribution in [3.63, 3.8) is 0 Å². The van der Waals surface area contributed by atoms with Crippen molar-refractivity contribution in [2.75, 3.05) is 0 Å². The van der Waals surface area contributed by atoms with E-state index < -0.39 is 6.04 Å². The molecule has 3 N–H and O–H groups in total. The summed E-state index contributed by atoms with van der Waals surface area (Å²) in [7, 11) is 0. The Kier molecular flexibility index (Phi) is 5.07. The van der Waals surface area contributed by atoms with Crippen molar-refractivity contribution in [2.24, 2.45) is 0 Å². The van der Waals surface area contributed by atoms with Gasteiger partial charge in [-0.2, -0.15) is 0 Å². The second kappa shape index (κ2) is 7.67. The molecule has 0 saturated carbocycles. The SMILES string of the molecule is Cc1nc([C@@H](Cc2c[nH]c3ccccc23)NC(=O)c2csc(C)c2C)cc(=O)[nH]1. The van der Waals surface area contributed by atoms with E-state index in [1.807, 2.05) is 49.7 Å². The first-order valence-electron chi connectivity index (χ1n) is 9.41. The van der Waals surface area contributed by atoms with E-state index in [1.54, 1.807) is 18.3 Å². The van der Waals surface area contributed by atoms with Gasteiger partial charge in [0.25, 0.3) is 11.5 Å². The van der Waals surface area contributed by atoms with Crippen molar-refractivity contribution >= 4 is 28.1 Å². The number of aryl methyl sites for hydroxylation is 2. The van der Waals surface area contributed by atoms with Crippen LogP contribution in [-0.4, -0.2) is 20.9 Å². The minimum absolute atomic E-state index is 0.156. The minimum atomic E-state index is -0.428. The fourth-order valence-electron chi connectivity index (χ4n) is 3.50. The number of thiophene rings is 1. The summed E-state index contributed by atoms with van der Waals surface area (Å²) in [6.07, 6.45) is 2.47. The molecule has 0 saturated heterocycles. The van der Waals surface area contributed by atoms with Crippen LogP contribution in [0, 0.1) is 20.8 Å². The van der Waals surface area contributed by atoms with Gasteiger partial charge in [0.15, 0.2) is 0 Å². The van der Waals surface area contributed by atoms with Crippen molar-refractivity contribution in [1.82, 2.24) is 20.3 Å². The number of carbonyl (C=O) groups excluding carboxylic acids is 1. The molecule has 4 rings (SSSR count). The third kappa shape index (κ3) is 3.86. The topological polar surface area (TPSA) is 90.6 Å². The quantitative estimate of drug-likeness (QED) is 0.469. The van der Waals surface area contributed by atoms with Crippen LogP contribution in [0.3, 0.4) is 0 Å². The molecule has 0 unspecified atom stereocenters. The minimum Gasteiger partial charge on any atom is -0.361 e. The molecule has 0 fully saturated rings. The predicted octanol–water partition coefficient (Wildman–Crippen LogP) is 3.95. The average molecular weight is 407 g/mol. The van der Waals surface area contributed by atoms with Crippen molar-refractivity contribution in [1.29, 1.82) is 0 Å². The summed E-state index contributed by atoms with van der Waals surface area (Å²) in [5.74, 6) is 0.365. The second-order valence-electron chi connectivity index (χ2n) is 7.18. The van der Waals surface area contributed by atoms with Crippen LogP contribution in [0.15, 0.2) is 46.7 Å². The summed E-state index contributed by atoms with van der Waals surface area (Å²) in [6, 6.07) is 9.05. The van der Waals surface area contributed by atoms with Crippen LogP contribution in [0.4, 0.5) is 0 Å². The van der Waals surface area contributed by atoms with Crippen LogP contribution < -0.4 is 10.9 Å². The highest BCUT2D eigenvalue weighted by atomic mass is 32.1. The van der Waals surface area contributed by atoms with Gasteiger partial charge < -0.3 is 15.3 Å². The zero-order chi connectivity index (χ0) is 20.5. The van der Waals surface area contributed by atoms with Gasteiger partial charge in [-0.3, -0.25) is 9.59 Å². The maximum atomic E-state index is 13.0. The van der Waals surface area contributed by atoms with E-state index in [-0.39, 0.29) is 11.5 Å². The van der Waals surface area contributed by atoms with E-state index in [0.717, 1.165) is 26.9 Å². The number of H-pyrrole nitrogens is 2. The fraction of sp³-hybridized carbons (Fsp3) is 0.227. The van der Waals surface area contributed by atoms with E-state index in [9.17, 15) is 9.59 Å². The Bertz CT molecular complexity index is 1250. The molecule has 1 amide bonds. The molecule has 0 aliphatic heterocycles.